The maximum Gasteiger partial charge on any atom is 0.297 e. The molecule has 0 heterocycles. The molecule has 0 aliphatic carbocycles. The molecule has 1 aromatic carbocycles. The summed E-state index contributed by atoms with van der Waals surface area (Å²) in [6, 6.07) is 6.53. The Morgan fingerprint density at radius 1 is 1.15 bits per heavy atom. The third-order valence-corrected chi connectivity index (χ3v) is 4.14. The van der Waals surface area contributed by atoms with Gasteiger partial charge in [-0.05, 0) is 25.0 Å². The van der Waals surface area contributed by atoms with Gasteiger partial charge in [0.05, 0.1) is 17.6 Å². The molecule has 0 saturated heterocycles. The molecule has 20 heavy (non-hydrogen) atoms. The van der Waals surface area contributed by atoms with Gasteiger partial charge in [-0.15, -0.1) is 0 Å². The van der Waals surface area contributed by atoms with E-state index in [1.54, 1.807) is 12.1 Å². The summed E-state index contributed by atoms with van der Waals surface area (Å²) >= 11 is 0. The molecule has 0 fully saturated rings. The van der Waals surface area contributed by atoms with Gasteiger partial charge >= 0.3 is 0 Å². The van der Waals surface area contributed by atoms with Crippen LogP contribution in [0.5, 0.6) is 0 Å². The first-order chi connectivity index (χ1) is 9.36. The molecule has 5 nitrogen and oxygen atoms in total. The van der Waals surface area contributed by atoms with Crippen LogP contribution in [0.25, 0.3) is 0 Å². The van der Waals surface area contributed by atoms with Gasteiger partial charge in [0, 0.05) is 7.11 Å². The Balaban J connectivity index is 2.68. The number of methoxy groups -OCH3 is 1. The molecule has 0 unspecified atom stereocenters. The van der Waals surface area contributed by atoms with Gasteiger partial charge < -0.3 is 9.47 Å². The lowest BCUT2D eigenvalue weighted by molar-refractivity contribution is -0.0983. The van der Waals surface area contributed by atoms with E-state index in [4.69, 9.17) is 13.7 Å². The molecule has 1 rings (SSSR count). The third kappa shape index (κ3) is 5.20. The second-order valence-electron chi connectivity index (χ2n) is 4.91. The average molecular weight is 302 g/mol. The van der Waals surface area contributed by atoms with Crippen molar-refractivity contribution >= 4 is 10.1 Å². The summed E-state index contributed by atoms with van der Waals surface area (Å²) in [6.45, 7) is 5.84. The summed E-state index contributed by atoms with van der Waals surface area (Å²) in [7, 11) is -2.24. The van der Waals surface area contributed by atoms with Crippen LogP contribution in [0.2, 0.25) is 0 Å². The topological polar surface area (TPSA) is 61.8 Å². The van der Waals surface area contributed by atoms with Gasteiger partial charge in [0.25, 0.3) is 10.1 Å². The van der Waals surface area contributed by atoms with Crippen molar-refractivity contribution in [3.8, 4) is 0 Å². The molecule has 0 aliphatic rings. The number of ether oxygens (including phenoxy) is 2. The quantitative estimate of drug-likeness (QED) is 0.545. The molecule has 0 aromatic heterocycles. The number of hydrogen-bond acceptors (Lipinski definition) is 5. The van der Waals surface area contributed by atoms with Crippen LogP contribution < -0.4 is 0 Å². The molecule has 1 aromatic rings. The number of aryl methyl sites for hydroxylation is 1. The van der Waals surface area contributed by atoms with E-state index in [1.165, 1.54) is 19.2 Å². The predicted octanol–water partition coefficient (Wildman–Crippen LogP) is 2.35. The molecule has 0 N–H and O–H groups in total. The second kappa shape index (κ2) is 7.73. The standard InChI is InChI=1S/C14H22O5S/c1-11(2)14(18-10-17-4)9-19-20(15,16)13-7-5-12(3)6-8-13/h5-8,11,14H,9-10H2,1-4H3/t14-/m1/s1. The van der Waals surface area contributed by atoms with Crippen LogP contribution in [0.15, 0.2) is 29.2 Å². The zero-order valence-electron chi connectivity index (χ0n) is 12.3. The van der Waals surface area contributed by atoms with Crippen LogP contribution in [-0.2, 0) is 23.8 Å². The Hall–Kier alpha value is -0.950. The lowest BCUT2D eigenvalue weighted by atomic mass is 10.1. The first-order valence-electron chi connectivity index (χ1n) is 6.43. The SMILES string of the molecule is COCO[C@H](COS(=O)(=O)c1ccc(C)cc1)C(C)C. The average Bonchev–Trinajstić information content (AvgIpc) is 2.38. The second-order valence-corrected chi connectivity index (χ2v) is 6.52. The summed E-state index contributed by atoms with van der Waals surface area (Å²) in [6.07, 6.45) is -0.338. The van der Waals surface area contributed by atoms with E-state index in [0.29, 0.717) is 0 Å². The first kappa shape index (κ1) is 17.1. The third-order valence-electron chi connectivity index (χ3n) is 2.84. The lowest BCUT2D eigenvalue weighted by Gasteiger charge is -2.20. The maximum atomic E-state index is 12.0. The Kier molecular flexibility index (Phi) is 6.61. The van der Waals surface area contributed by atoms with E-state index < -0.39 is 10.1 Å². The highest BCUT2D eigenvalue weighted by molar-refractivity contribution is 7.86. The highest BCUT2D eigenvalue weighted by Gasteiger charge is 2.21. The van der Waals surface area contributed by atoms with Gasteiger partial charge in [-0.25, -0.2) is 0 Å². The van der Waals surface area contributed by atoms with Gasteiger partial charge in [-0.1, -0.05) is 31.5 Å². The fourth-order valence-electron chi connectivity index (χ4n) is 1.52. The van der Waals surface area contributed by atoms with E-state index in [9.17, 15) is 8.42 Å². The van der Waals surface area contributed by atoms with Crippen LogP contribution in [0, 0.1) is 12.8 Å². The zero-order chi connectivity index (χ0) is 15.2. The zero-order valence-corrected chi connectivity index (χ0v) is 13.1. The van der Waals surface area contributed by atoms with Crippen molar-refractivity contribution in [1.29, 1.82) is 0 Å². The fraction of sp³-hybridized carbons (Fsp3) is 0.571. The monoisotopic (exact) mass is 302 g/mol. The van der Waals surface area contributed by atoms with Crippen LogP contribution in [0.4, 0.5) is 0 Å². The van der Waals surface area contributed by atoms with Crippen LogP contribution in [-0.4, -0.2) is 35.0 Å². The molecule has 0 radical (unpaired) electrons. The minimum atomic E-state index is -3.75. The van der Waals surface area contributed by atoms with Gasteiger partial charge in [0.15, 0.2) is 0 Å². The normalized spacial score (nSPS) is 13.7. The number of hydrogen-bond donors (Lipinski definition) is 0. The van der Waals surface area contributed by atoms with Crippen molar-refractivity contribution < 1.29 is 22.1 Å². The van der Waals surface area contributed by atoms with Crippen LogP contribution in [0.3, 0.4) is 0 Å². The summed E-state index contributed by atoms with van der Waals surface area (Å²) in [4.78, 5) is 0.150. The van der Waals surface area contributed by atoms with Crippen molar-refractivity contribution in [1.82, 2.24) is 0 Å². The number of rotatable bonds is 8. The minimum absolute atomic E-state index is 0.0305. The molecular weight excluding hydrogens is 280 g/mol. The number of benzene rings is 1. The largest absolute Gasteiger partial charge is 0.359 e. The summed E-state index contributed by atoms with van der Waals surface area (Å²) < 4.78 is 39.4. The molecule has 0 saturated carbocycles. The Labute approximate surface area is 121 Å². The van der Waals surface area contributed by atoms with Gasteiger partial charge in [-0.2, -0.15) is 8.42 Å². The first-order valence-corrected chi connectivity index (χ1v) is 7.84. The van der Waals surface area contributed by atoms with E-state index in [2.05, 4.69) is 0 Å². The van der Waals surface area contributed by atoms with Crippen molar-refractivity contribution in [2.45, 2.75) is 31.8 Å². The van der Waals surface area contributed by atoms with Gasteiger partial charge in [0.2, 0.25) is 0 Å². The summed E-state index contributed by atoms with van der Waals surface area (Å²) in [5.41, 5.74) is 0.993. The van der Waals surface area contributed by atoms with Crippen molar-refractivity contribution in [2.75, 3.05) is 20.5 Å². The highest BCUT2D eigenvalue weighted by atomic mass is 32.2. The predicted molar refractivity (Wildman–Crippen MR) is 75.9 cm³/mol. The molecule has 0 aliphatic heterocycles. The highest BCUT2D eigenvalue weighted by Crippen LogP contribution is 2.15. The van der Waals surface area contributed by atoms with Crippen molar-refractivity contribution in [2.24, 2.45) is 5.92 Å². The van der Waals surface area contributed by atoms with Gasteiger partial charge in [-0.3, -0.25) is 4.18 Å². The van der Waals surface area contributed by atoms with Crippen LogP contribution in [0.1, 0.15) is 19.4 Å². The summed E-state index contributed by atoms with van der Waals surface area (Å²) in [5.74, 6) is 0.123. The van der Waals surface area contributed by atoms with E-state index >= 15 is 0 Å². The molecule has 0 spiro atoms. The molecule has 0 amide bonds. The van der Waals surface area contributed by atoms with E-state index in [0.717, 1.165) is 5.56 Å². The van der Waals surface area contributed by atoms with Crippen molar-refractivity contribution in [3.63, 3.8) is 0 Å². The van der Waals surface area contributed by atoms with Crippen LogP contribution >= 0.6 is 0 Å². The molecule has 6 heteroatoms. The lowest BCUT2D eigenvalue weighted by Crippen LogP contribution is -2.28. The van der Waals surface area contributed by atoms with E-state index in [1.807, 2.05) is 20.8 Å². The smallest absolute Gasteiger partial charge is 0.297 e. The Bertz CT molecular complexity index is 493. The van der Waals surface area contributed by atoms with Gasteiger partial charge in [0.1, 0.15) is 6.79 Å². The molecule has 0 bridgehead atoms. The van der Waals surface area contributed by atoms with Crippen molar-refractivity contribution in [3.05, 3.63) is 29.8 Å². The minimum Gasteiger partial charge on any atom is -0.359 e. The summed E-state index contributed by atoms with van der Waals surface area (Å²) in [5, 5.41) is 0. The van der Waals surface area contributed by atoms with E-state index in [-0.39, 0.29) is 30.3 Å². The molecular formula is C14H22O5S. The Morgan fingerprint density at radius 3 is 2.25 bits per heavy atom. The molecule has 114 valence electrons. The maximum absolute atomic E-state index is 12.0. The fourth-order valence-corrected chi connectivity index (χ4v) is 2.44. The molecule has 1 atom stereocenters. The Morgan fingerprint density at radius 2 is 1.75 bits per heavy atom.